The average Bonchev–Trinajstić information content (AvgIpc) is 3.08. The molecule has 5 nitrogen and oxygen atoms in total. The lowest BCUT2D eigenvalue weighted by Crippen LogP contribution is -2.31. The van der Waals surface area contributed by atoms with E-state index in [2.05, 4.69) is 25.1 Å². The topological polar surface area (TPSA) is 57.7 Å². The number of aromatic amines is 1. The van der Waals surface area contributed by atoms with Crippen molar-refractivity contribution in [3.05, 3.63) is 59.0 Å². The molecule has 0 amide bonds. The summed E-state index contributed by atoms with van der Waals surface area (Å²) in [7, 11) is 0. The van der Waals surface area contributed by atoms with Gasteiger partial charge in [-0.15, -0.1) is 0 Å². The van der Waals surface area contributed by atoms with Gasteiger partial charge in [0.05, 0.1) is 17.6 Å². The van der Waals surface area contributed by atoms with Crippen LogP contribution in [-0.4, -0.2) is 37.9 Å². The number of hydrogen-bond acceptors (Lipinski definition) is 5. The molecule has 0 spiro atoms. The molecule has 8 heteroatoms. The average molecular weight is 373 g/mol. The number of rotatable bonds is 4. The molecule has 0 fully saturated rings. The maximum absolute atomic E-state index is 13.5. The van der Waals surface area contributed by atoms with Crippen molar-refractivity contribution in [1.29, 1.82) is 0 Å². The first-order valence-corrected chi connectivity index (χ1v) is 9.44. The molecule has 3 heterocycles. The molecule has 3 aromatic rings. The molecule has 1 aliphatic heterocycles. The summed E-state index contributed by atoms with van der Waals surface area (Å²) in [4.78, 5) is 11.2. The van der Waals surface area contributed by atoms with E-state index in [-0.39, 0.29) is 0 Å². The highest BCUT2D eigenvalue weighted by molar-refractivity contribution is 7.98. The molecular weight excluding hydrogens is 356 g/mol. The highest BCUT2D eigenvalue weighted by Gasteiger charge is 2.20. The van der Waals surface area contributed by atoms with Crippen LogP contribution in [0, 0.1) is 11.6 Å². The minimum absolute atomic E-state index is 0.459. The first-order valence-electron chi connectivity index (χ1n) is 8.22. The number of benzene rings is 1. The SMILES string of the molecule is CSc1ncc2c(n1)CCN(Cc1cn[nH]c1-c1cc(F)cc(F)c1)C2. The number of aromatic nitrogens is 4. The van der Waals surface area contributed by atoms with Gasteiger partial charge in [-0.3, -0.25) is 10.00 Å². The Labute approximate surface area is 153 Å². The van der Waals surface area contributed by atoms with Gasteiger partial charge in [0.1, 0.15) is 11.6 Å². The van der Waals surface area contributed by atoms with Gasteiger partial charge >= 0.3 is 0 Å². The van der Waals surface area contributed by atoms with Crippen molar-refractivity contribution in [3.63, 3.8) is 0 Å². The first-order chi connectivity index (χ1) is 12.6. The lowest BCUT2D eigenvalue weighted by Gasteiger charge is -2.27. The van der Waals surface area contributed by atoms with Crippen LogP contribution in [0.3, 0.4) is 0 Å². The Bertz CT molecular complexity index is 923. The maximum atomic E-state index is 13.5. The molecule has 2 aromatic heterocycles. The zero-order valence-electron chi connectivity index (χ0n) is 14.2. The number of nitrogens with zero attached hydrogens (tertiary/aromatic N) is 4. The van der Waals surface area contributed by atoms with Crippen molar-refractivity contribution in [2.75, 3.05) is 12.8 Å². The summed E-state index contributed by atoms with van der Waals surface area (Å²) in [5.41, 5.74) is 4.22. The molecule has 1 N–H and O–H groups in total. The molecule has 26 heavy (non-hydrogen) atoms. The first kappa shape index (κ1) is 17.1. The van der Waals surface area contributed by atoms with Gasteiger partial charge in [-0.2, -0.15) is 5.10 Å². The molecule has 0 aliphatic carbocycles. The summed E-state index contributed by atoms with van der Waals surface area (Å²) >= 11 is 1.54. The summed E-state index contributed by atoms with van der Waals surface area (Å²) < 4.78 is 27.1. The van der Waals surface area contributed by atoms with E-state index in [1.807, 2.05) is 12.5 Å². The number of halogens is 2. The van der Waals surface area contributed by atoms with E-state index in [0.717, 1.165) is 47.6 Å². The van der Waals surface area contributed by atoms with Crippen LogP contribution in [0.15, 0.2) is 35.7 Å². The fourth-order valence-electron chi connectivity index (χ4n) is 3.21. The van der Waals surface area contributed by atoms with Crippen LogP contribution in [0.25, 0.3) is 11.3 Å². The van der Waals surface area contributed by atoms with E-state index in [0.29, 0.717) is 17.8 Å². The minimum atomic E-state index is -0.603. The third-order valence-corrected chi connectivity index (χ3v) is 5.00. The Morgan fingerprint density at radius 2 is 2.00 bits per heavy atom. The summed E-state index contributed by atoms with van der Waals surface area (Å²) in [5.74, 6) is -1.21. The van der Waals surface area contributed by atoms with Gasteiger partial charge in [0.15, 0.2) is 5.16 Å². The third-order valence-electron chi connectivity index (χ3n) is 4.44. The number of H-pyrrole nitrogens is 1. The number of hydrogen-bond donors (Lipinski definition) is 1. The minimum Gasteiger partial charge on any atom is -0.294 e. The molecular formula is C18H17F2N5S. The highest BCUT2D eigenvalue weighted by Crippen LogP contribution is 2.26. The Kier molecular flexibility index (Phi) is 4.69. The van der Waals surface area contributed by atoms with E-state index in [1.165, 1.54) is 23.9 Å². The van der Waals surface area contributed by atoms with Crippen LogP contribution in [-0.2, 0) is 19.5 Å². The molecule has 134 valence electrons. The molecule has 0 unspecified atom stereocenters. The molecule has 0 saturated heterocycles. The molecule has 0 radical (unpaired) electrons. The van der Waals surface area contributed by atoms with E-state index >= 15 is 0 Å². The predicted molar refractivity (Wildman–Crippen MR) is 95.6 cm³/mol. The number of nitrogens with one attached hydrogen (secondary N) is 1. The van der Waals surface area contributed by atoms with Gasteiger partial charge in [0, 0.05) is 55.0 Å². The normalized spacial score (nSPS) is 14.4. The molecule has 1 aliphatic rings. The quantitative estimate of drug-likeness (QED) is 0.561. The van der Waals surface area contributed by atoms with Gasteiger partial charge < -0.3 is 0 Å². The van der Waals surface area contributed by atoms with Gasteiger partial charge in [0.2, 0.25) is 0 Å². The fraction of sp³-hybridized carbons (Fsp3) is 0.278. The Hall–Kier alpha value is -2.32. The van der Waals surface area contributed by atoms with Crippen LogP contribution in [0.5, 0.6) is 0 Å². The van der Waals surface area contributed by atoms with E-state index in [1.54, 1.807) is 6.20 Å². The van der Waals surface area contributed by atoms with Crippen molar-refractivity contribution >= 4 is 11.8 Å². The second-order valence-corrected chi connectivity index (χ2v) is 6.99. The van der Waals surface area contributed by atoms with Crippen molar-refractivity contribution in [1.82, 2.24) is 25.1 Å². The summed E-state index contributed by atoms with van der Waals surface area (Å²) in [6.45, 7) is 2.24. The van der Waals surface area contributed by atoms with Crippen molar-refractivity contribution in [3.8, 4) is 11.3 Å². The zero-order chi connectivity index (χ0) is 18.1. The number of fused-ring (bicyclic) bond motifs is 1. The van der Waals surface area contributed by atoms with Gasteiger partial charge in [0.25, 0.3) is 0 Å². The van der Waals surface area contributed by atoms with Gasteiger partial charge in [-0.25, -0.2) is 18.7 Å². The lowest BCUT2D eigenvalue weighted by atomic mass is 10.0. The second-order valence-electron chi connectivity index (χ2n) is 6.22. The lowest BCUT2D eigenvalue weighted by molar-refractivity contribution is 0.242. The molecule has 0 saturated carbocycles. The van der Waals surface area contributed by atoms with Crippen molar-refractivity contribution in [2.45, 2.75) is 24.7 Å². The summed E-state index contributed by atoms with van der Waals surface area (Å²) in [5, 5.41) is 7.72. The fourth-order valence-corrected chi connectivity index (χ4v) is 3.57. The monoisotopic (exact) mass is 373 g/mol. The molecule has 4 rings (SSSR count). The smallest absolute Gasteiger partial charge is 0.187 e. The Balaban J connectivity index is 1.55. The van der Waals surface area contributed by atoms with Crippen LogP contribution in [0.1, 0.15) is 16.8 Å². The number of thioether (sulfide) groups is 1. The Morgan fingerprint density at radius 1 is 1.19 bits per heavy atom. The molecule has 1 aromatic carbocycles. The maximum Gasteiger partial charge on any atom is 0.187 e. The van der Waals surface area contributed by atoms with Crippen LogP contribution < -0.4 is 0 Å². The van der Waals surface area contributed by atoms with Crippen molar-refractivity contribution < 1.29 is 8.78 Å². The molecule has 0 atom stereocenters. The standard InChI is InChI=1S/C18H17F2N5S/c1-26-18-21-7-12-9-25(3-2-16(12)23-18)10-13-8-22-24-17(13)11-4-14(19)6-15(20)5-11/h4-8H,2-3,9-10H2,1H3,(H,22,24). The Morgan fingerprint density at radius 3 is 2.77 bits per heavy atom. The van der Waals surface area contributed by atoms with E-state index in [9.17, 15) is 8.78 Å². The van der Waals surface area contributed by atoms with E-state index < -0.39 is 11.6 Å². The van der Waals surface area contributed by atoms with Crippen LogP contribution >= 0.6 is 11.8 Å². The van der Waals surface area contributed by atoms with Crippen molar-refractivity contribution in [2.24, 2.45) is 0 Å². The largest absolute Gasteiger partial charge is 0.294 e. The van der Waals surface area contributed by atoms with Gasteiger partial charge in [-0.1, -0.05) is 11.8 Å². The third kappa shape index (κ3) is 3.47. The summed E-state index contributed by atoms with van der Waals surface area (Å²) in [6, 6.07) is 3.48. The second kappa shape index (κ2) is 7.13. The van der Waals surface area contributed by atoms with Crippen LogP contribution in [0.4, 0.5) is 8.78 Å². The highest BCUT2D eigenvalue weighted by atomic mass is 32.2. The van der Waals surface area contributed by atoms with E-state index in [4.69, 9.17) is 0 Å². The molecule has 0 bridgehead atoms. The van der Waals surface area contributed by atoms with Gasteiger partial charge in [-0.05, 0) is 18.4 Å². The predicted octanol–water partition coefficient (Wildman–Crippen LogP) is 3.43. The zero-order valence-corrected chi connectivity index (χ0v) is 15.0. The summed E-state index contributed by atoms with van der Waals surface area (Å²) in [6.07, 6.45) is 6.42. The van der Waals surface area contributed by atoms with Crippen LogP contribution in [0.2, 0.25) is 0 Å².